The van der Waals surface area contributed by atoms with Crippen molar-refractivity contribution in [2.45, 2.75) is 81.9 Å². The van der Waals surface area contributed by atoms with Crippen LogP contribution in [0, 0.1) is 11.8 Å². The molecule has 2 aromatic heterocycles. The summed E-state index contributed by atoms with van der Waals surface area (Å²) in [6.07, 6.45) is 35.4. The molecule has 0 amide bonds. The van der Waals surface area contributed by atoms with Gasteiger partial charge >= 0.3 is 0 Å². The Morgan fingerprint density at radius 2 is 1.54 bits per heavy atom. The summed E-state index contributed by atoms with van der Waals surface area (Å²) in [6, 6.07) is 32.7. The second-order valence-corrected chi connectivity index (χ2v) is 18.6. The van der Waals surface area contributed by atoms with Gasteiger partial charge in [-0.3, -0.25) is 16.0 Å². The van der Waals surface area contributed by atoms with Gasteiger partial charge in [0.2, 0.25) is 0 Å². The SMILES string of the molecule is C1=CC(C2NC(C3=CCCCC3)NC(C3C=C(C4=CC5c6ccccc6OC5C=C4)C=C(c4ccc5oc6ccccc6c5c4)C3)N2)CC(n2c3c(c4ccccc42)C=CCC3)=C1. The molecule has 4 aromatic carbocycles. The first-order valence-corrected chi connectivity index (χ1v) is 23.3. The van der Waals surface area contributed by atoms with Gasteiger partial charge < -0.3 is 13.7 Å². The van der Waals surface area contributed by atoms with E-state index in [-0.39, 0.29) is 42.4 Å². The zero-order chi connectivity index (χ0) is 41.4. The van der Waals surface area contributed by atoms with Crippen molar-refractivity contribution in [3.8, 4) is 5.75 Å². The number of aromatic nitrogens is 1. The third kappa shape index (κ3) is 6.49. The predicted molar refractivity (Wildman–Crippen MR) is 257 cm³/mol. The fraction of sp³-hybridized carbons (Fsp3) is 0.263. The Labute approximate surface area is 368 Å². The van der Waals surface area contributed by atoms with Crippen molar-refractivity contribution in [2.75, 3.05) is 0 Å². The molecule has 7 atom stereocenters. The molecule has 0 saturated carbocycles. The van der Waals surface area contributed by atoms with Gasteiger partial charge in [-0.1, -0.05) is 115 Å². The number of rotatable bonds is 6. The molecule has 63 heavy (non-hydrogen) atoms. The van der Waals surface area contributed by atoms with Gasteiger partial charge in [0.05, 0.1) is 24.0 Å². The van der Waals surface area contributed by atoms with Crippen LogP contribution in [0.4, 0.5) is 0 Å². The summed E-state index contributed by atoms with van der Waals surface area (Å²) >= 11 is 0. The fourth-order valence-electron chi connectivity index (χ4n) is 11.7. The summed E-state index contributed by atoms with van der Waals surface area (Å²) in [5.41, 5.74) is 15.3. The highest BCUT2D eigenvalue weighted by Gasteiger charge is 2.39. The molecule has 3 N–H and O–H groups in total. The van der Waals surface area contributed by atoms with Crippen molar-refractivity contribution >= 4 is 50.2 Å². The number of fused-ring (bicyclic) bond motifs is 9. The lowest BCUT2D eigenvalue weighted by atomic mass is 9.79. The number of para-hydroxylation sites is 3. The summed E-state index contributed by atoms with van der Waals surface area (Å²) in [5, 5.41) is 16.2. The number of nitrogens with zero attached hydrogens (tertiary/aromatic N) is 1. The van der Waals surface area contributed by atoms with E-state index < -0.39 is 0 Å². The fourth-order valence-corrected chi connectivity index (χ4v) is 11.7. The Hall–Kier alpha value is -6.18. The average molecular weight is 825 g/mol. The summed E-state index contributed by atoms with van der Waals surface area (Å²) in [5.74, 6) is 1.63. The summed E-state index contributed by atoms with van der Waals surface area (Å²) in [6.45, 7) is 0. The largest absolute Gasteiger partial charge is 0.485 e. The van der Waals surface area contributed by atoms with Gasteiger partial charge in [-0.05, 0) is 122 Å². The van der Waals surface area contributed by atoms with Gasteiger partial charge in [-0.25, -0.2) is 0 Å². The first kappa shape index (κ1) is 37.4. The van der Waals surface area contributed by atoms with E-state index in [0.717, 1.165) is 60.8 Å². The highest BCUT2D eigenvalue weighted by molar-refractivity contribution is 6.06. The summed E-state index contributed by atoms with van der Waals surface area (Å²) in [4.78, 5) is 0. The number of hydrogen-bond donors (Lipinski definition) is 3. The van der Waals surface area contributed by atoms with Crippen LogP contribution in [0.3, 0.4) is 0 Å². The molecule has 7 unspecified atom stereocenters. The molecular weight excluding hydrogens is 773 g/mol. The molecule has 2 aliphatic heterocycles. The van der Waals surface area contributed by atoms with Crippen molar-refractivity contribution in [3.05, 3.63) is 191 Å². The van der Waals surface area contributed by atoms with Crippen LogP contribution >= 0.6 is 0 Å². The molecule has 4 heterocycles. The molecule has 13 rings (SSSR count). The molecule has 6 aromatic rings. The van der Waals surface area contributed by atoms with Crippen LogP contribution in [0.15, 0.2) is 173 Å². The van der Waals surface area contributed by atoms with E-state index in [4.69, 9.17) is 9.15 Å². The van der Waals surface area contributed by atoms with E-state index in [2.05, 4.69) is 178 Å². The lowest BCUT2D eigenvalue weighted by molar-refractivity contribution is 0.157. The molecule has 6 heteroatoms. The average Bonchev–Trinajstić information content (AvgIpc) is 4.03. The van der Waals surface area contributed by atoms with Crippen LogP contribution in [-0.2, 0) is 6.42 Å². The Balaban J connectivity index is 0.874. The van der Waals surface area contributed by atoms with Gasteiger partial charge in [0.15, 0.2) is 0 Å². The Kier molecular flexibility index (Phi) is 9.06. The van der Waals surface area contributed by atoms with E-state index in [9.17, 15) is 0 Å². The molecule has 0 radical (unpaired) electrons. The second-order valence-electron chi connectivity index (χ2n) is 18.6. The molecule has 1 saturated heterocycles. The molecule has 1 fully saturated rings. The third-order valence-electron chi connectivity index (χ3n) is 14.8. The van der Waals surface area contributed by atoms with Gasteiger partial charge in [0.1, 0.15) is 23.0 Å². The minimum Gasteiger partial charge on any atom is -0.485 e. The first-order chi connectivity index (χ1) is 31.2. The third-order valence-corrected chi connectivity index (χ3v) is 14.8. The minimum atomic E-state index is 0.0263. The number of benzene rings is 4. The van der Waals surface area contributed by atoms with Gasteiger partial charge in [0, 0.05) is 56.4 Å². The molecule has 5 aliphatic carbocycles. The Morgan fingerprint density at radius 3 is 2.48 bits per heavy atom. The van der Waals surface area contributed by atoms with E-state index in [1.807, 2.05) is 0 Å². The predicted octanol–water partition coefficient (Wildman–Crippen LogP) is 12.2. The van der Waals surface area contributed by atoms with Gasteiger partial charge in [-0.2, -0.15) is 0 Å². The number of nitrogens with one attached hydrogen (secondary N) is 3. The maximum Gasteiger partial charge on any atom is 0.135 e. The van der Waals surface area contributed by atoms with Gasteiger partial charge in [0.25, 0.3) is 0 Å². The molecular formula is C57H52N4O2. The maximum atomic E-state index is 6.42. The van der Waals surface area contributed by atoms with Crippen molar-refractivity contribution < 1.29 is 9.15 Å². The smallest absolute Gasteiger partial charge is 0.135 e. The quantitative estimate of drug-likeness (QED) is 0.146. The van der Waals surface area contributed by atoms with Crippen LogP contribution in [0.1, 0.15) is 73.2 Å². The monoisotopic (exact) mass is 824 g/mol. The van der Waals surface area contributed by atoms with Crippen LogP contribution in [0.2, 0.25) is 0 Å². The second kappa shape index (κ2) is 15.3. The molecule has 6 nitrogen and oxygen atoms in total. The number of furan rings is 1. The number of hydrogen-bond acceptors (Lipinski definition) is 5. The van der Waals surface area contributed by atoms with E-state index in [1.54, 1.807) is 0 Å². The summed E-state index contributed by atoms with van der Waals surface area (Å²) in [7, 11) is 0. The van der Waals surface area contributed by atoms with E-state index >= 15 is 0 Å². The summed E-state index contributed by atoms with van der Waals surface area (Å²) < 4.78 is 15.3. The van der Waals surface area contributed by atoms with Crippen molar-refractivity contribution in [3.63, 3.8) is 0 Å². The minimum absolute atomic E-state index is 0.0263. The van der Waals surface area contributed by atoms with Crippen LogP contribution in [-0.4, -0.2) is 29.2 Å². The highest BCUT2D eigenvalue weighted by atomic mass is 16.5. The highest BCUT2D eigenvalue weighted by Crippen LogP contribution is 2.45. The number of allylic oxidation sites excluding steroid dienone is 10. The van der Waals surface area contributed by atoms with E-state index in [0.29, 0.717) is 0 Å². The van der Waals surface area contributed by atoms with Crippen LogP contribution in [0.25, 0.3) is 50.2 Å². The van der Waals surface area contributed by atoms with Crippen molar-refractivity contribution in [1.82, 2.24) is 20.5 Å². The van der Waals surface area contributed by atoms with Gasteiger partial charge in [-0.15, -0.1) is 0 Å². The Bertz CT molecular complexity index is 3090. The van der Waals surface area contributed by atoms with Crippen LogP contribution < -0.4 is 20.7 Å². The molecule has 312 valence electrons. The molecule has 7 aliphatic rings. The first-order valence-electron chi connectivity index (χ1n) is 23.3. The van der Waals surface area contributed by atoms with Crippen molar-refractivity contribution in [1.29, 1.82) is 0 Å². The van der Waals surface area contributed by atoms with Crippen molar-refractivity contribution in [2.24, 2.45) is 11.8 Å². The molecule has 0 bridgehead atoms. The zero-order valence-corrected chi connectivity index (χ0v) is 35.5. The lowest BCUT2D eigenvalue weighted by Crippen LogP contribution is -2.71. The normalized spacial score (nSPS) is 27.6. The molecule has 0 spiro atoms. The lowest BCUT2D eigenvalue weighted by Gasteiger charge is -2.46. The van der Waals surface area contributed by atoms with E-state index in [1.165, 1.54) is 79.5 Å². The topological polar surface area (TPSA) is 63.4 Å². The standard InChI is InChI=1S/C57H52N4O2/c1-2-13-35(14-3-1)55-58-56(38-15-12-16-42(32-38)61-49-21-8-4-17-43(49)44-18-5-9-22-50(44)61)60-57(59-55)41-30-39(36-25-27-53-47(33-36)45-19-6-10-23-51(45)62-53)29-40(31-41)37-26-28-54-48(34-37)46-20-7-11-24-52(46)63-54/h4-8,10-13,15-21,23-30,33-34,38,41,47,53,55-60H,1-3,9,14,22,31-32H2. The Morgan fingerprint density at radius 1 is 0.683 bits per heavy atom. The van der Waals surface area contributed by atoms with Crippen LogP contribution in [0.5, 0.6) is 5.75 Å². The maximum absolute atomic E-state index is 6.42. The number of ether oxygens (including phenoxy) is 1. The zero-order valence-electron chi connectivity index (χ0n) is 35.5.